The van der Waals surface area contributed by atoms with E-state index >= 15 is 0 Å². The maximum absolute atomic E-state index is 12.4. The van der Waals surface area contributed by atoms with Crippen molar-refractivity contribution in [2.75, 3.05) is 13.2 Å². The highest BCUT2D eigenvalue weighted by Gasteiger charge is 2.18. The van der Waals surface area contributed by atoms with Crippen LogP contribution in [0, 0.1) is 0 Å². The smallest absolute Gasteiger partial charge is 0.305 e. The van der Waals surface area contributed by atoms with Crippen molar-refractivity contribution in [1.82, 2.24) is 5.32 Å². The predicted octanol–water partition coefficient (Wildman–Crippen LogP) is 12.9. The van der Waals surface area contributed by atoms with E-state index < -0.39 is 12.1 Å². The van der Waals surface area contributed by atoms with E-state index in [2.05, 4.69) is 43.5 Å². The number of allylic oxidation sites excluding steroid dienone is 5. The molecular weight excluding hydrogens is 659 g/mol. The van der Waals surface area contributed by atoms with E-state index in [1.165, 1.54) is 122 Å². The summed E-state index contributed by atoms with van der Waals surface area (Å²) in [5.41, 5.74) is 0. The second-order valence-corrected chi connectivity index (χ2v) is 15.4. The highest BCUT2D eigenvalue weighted by atomic mass is 16.5. The van der Waals surface area contributed by atoms with Gasteiger partial charge in [0.2, 0.25) is 5.91 Å². The molecule has 0 saturated heterocycles. The Balaban J connectivity index is 3.61. The SMILES string of the molecule is CCCCC/C=C\CCCCCCCC(=O)OCCCC/C=C\CCCCCCC(=O)NC(CO)C(O)/C=C/CCCCCCCCCCCCCC. The molecule has 0 aliphatic carbocycles. The fraction of sp³-hybridized carbons (Fsp3) is 0.830. The van der Waals surface area contributed by atoms with Crippen molar-refractivity contribution in [2.24, 2.45) is 0 Å². The van der Waals surface area contributed by atoms with Crippen LogP contribution in [-0.4, -0.2) is 47.4 Å². The molecule has 3 N–H and O–H groups in total. The van der Waals surface area contributed by atoms with Crippen LogP contribution in [0.3, 0.4) is 0 Å². The van der Waals surface area contributed by atoms with Crippen molar-refractivity contribution < 1.29 is 24.5 Å². The summed E-state index contributed by atoms with van der Waals surface area (Å²) in [6.07, 6.45) is 49.9. The Labute approximate surface area is 328 Å². The molecule has 0 heterocycles. The fourth-order valence-electron chi connectivity index (χ4n) is 6.56. The topological polar surface area (TPSA) is 95.9 Å². The van der Waals surface area contributed by atoms with Gasteiger partial charge in [0.1, 0.15) is 0 Å². The number of unbranched alkanes of at least 4 members (excludes halogenated alkanes) is 26. The molecule has 0 aliphatic rings. The zero-order chi connectivity index (χ0) is 38.7. The zero-order valence-electron chi connectivity index (χ0n) is 35.0. The minimum absolute atomic E-state index is 0.0496. The number of nitrogens with one attached hydrogen (secondary N) is 1. The third-order valence-corrected chi connectivity index (χ3v) is 10.1. The fourth-order valence-corrected chi connectivity index (χ4v) is 6.56. The first-order valence-electron chi connectivity index (χ1n) is 22.8. The lowest BCUT2D eigenvalue weighted by atomic mass is 10.0. The molecule has 2 unspecified atom stereocenters. The van der Waals surface area contributed by atoms with Crippen LogP contribution < -0.4 is 5.32 Å². The molecule has 0 aliphatic heterocycles. The molecule has 6 nitrogen and oxygen atoms in total. The van der Waals surface area contributed by atoms with Gasteiger partial charge in [0.15, 0.2) is 0 Å². The molecule has 0 rings (SSSR count). The lowest BCUT2D eigenvalue weighted by Gasteiger charge is -2.20. The summed E-state index contributed by atoms with van der Waals surface area (Å²) in [5.74, 6) is -0.156. The van der Waals surface area contributed by atoms with E-state index in [9.17, 15) is 19.8 Å². The van der Waals surface area contributed by atoms with Gasteiger partial charge in [-0.05, 0) is 83.5 Å². The first kappa shape index (κ1) is 51.1. The van der Waals surface area contributed by atoms with E-state index in [1.54, 1.807) is 6.08 Å². The molecule has 0 radical (unpaired) electrons. The molecule has 0 fully saturated rings. The van der Waals surface area contributed by atoms with Crippen molar-refractivity contribution in [3.05, 3.63) is 36.5 Å². The monoisotopic (exact) mass is 746 g/mol. The van der Waals surface area contributed by atoms with Crippen LogP contribution in [0.25, 0.3) is 0 Å². The molecule has 53 heavy (non-hydrogen) atoms. The van der Waals surface area contributed by atoms with E-state index in [0.29, 0.717) is 19.4 Å². The summed E-state index contributed by atoms with van der Waals surface area (Å²) in [6.45, 7) is 4.76. The first-order valence-corrected chi connectivity index (χ1v) is 22.8. The second-order valence-electron chi connectivity index (χ2n) is 15.4. The van der Waals surface area contributed by atoms with Crippen LogP contribution in [0.2, 0.25) is 0 Å². The Hall–Kier alpha value is -1.92. The molecular formula is C47H87NO5. The number of amides is 1. The Morgan fingerprint density at radius 2 is 0.887 bits per heavy atom. The second kappa shape index (κ2) is 42.8. The maximum Gasteiger partial charge on any atom is 0.305 e. The third-order valence-electron chi connectivity index (χ3n) is 10.1. The van der Waals surface area contributed by atoms with Gasteiger partial charge in [-0.3, -0.25) is 9.59 Å². The van der Waals surface area contributed by atoms with Crippen molar-refractivity contribution in [1.29, 1.82) is 0 Å². The quantitative estimate of drug-likeness (QED) is 0.0329. The van der Waals surface area contributed by atoms with Gasteiger partial charge in [-0.2, -0.15) is 0 Å². The predicted molar refractivity (Wildman–Crippen MR) is 227 cm³/mol. The summed E-state index contributed by atoms with van der Waals surface area (Å²) in [7, 11) is 0. The maximum atomic E-state index is 12.4. The largest absolute Gasteiger partial charge is 0.466 e. The number of rotatable bonds is 41. The van der Waals surface area contributed by atoms with Crippen molar-refractivity contribution >= 4 is 11.9 Å². The van der Waals surface area contributed by atoms with Crippen LogP contribution >= 0.6 is 0 Å². The van der Waals surface area contributed by atoms with Crippen LogP contribution in [0.1, 0.15) is 226 Å². The van der Waals surface area contributed by atoms with E-state index in [0.717, 1.165) is 77.0 Å². The van der Waals surface area contributed by atoms with Crippen molar-refractivity contribution in [3.63, 3.8) is 0 Å². The molecule has 0 spiro atoms. The summed E-state index contributed by atoms with van der Waals surface area (Å²) in [5, 5.41) is 23.0. The number of hydrogen-bond donors (Lipinski definition) is 3. The number of ether oxygens (including phenoxy) is 1. The summed E-state index contributed by atoms with van der Waals surface area (Å²) < 4.78 is 5.40. The molecule has 1 amide bonds. The van der Waals surface area contributed by atoms with Crippen LogP contribution in [0.4, 0.5) is 0 Å². The van der Waals surface area contributed by atoms with Crippen LogP contribution in [0.15, 0.2) is 36.5 Å². The van der Waals surface area contributed by atoms with Crippen molar-refractivity contribution in [2.45, 2.75) is 238 Å². The number of hydrogen-bond acceptors (Lipinski definition) is 5. The highest BCUT2D eigenvalue weighted by Crippen LogP contribution is 2.14. The normalized spacial score (nSPS) is 13.1. The summed E-state index contributed by atoms with van der Waals surface area (Å²) in [4.78, 5) is 24.3. The van der Waals surface area contributed by atoms with E-state index in [1.807, 2.05) is 6.08 Å². The van der Waals surface area contributed by atoms with E-state index in [4.69, 9.17) is 4.74 Å². The minimum atomic E-state index is -0.865. The van der Waals surface area contributed by atoms with Gasteiger partial charge in [0.05, 0.1) is 25.4 Å². The Kier molecular flexibility index (Phi) is 41.3. The molecule has 0 bridgehead atoms. The minimum Gasteiger partial charge on any atom is -0.466 e. The standard InChI is InChI=1S/C47H87NO5/c1-3-5-7-9-11-13-15-17-18-19-23-27-31-35-39-45(50)44(43-49)48-46(51)40-36-32-28-24-21-22-26-30-34-38-42-53-47(52)41-37-33-29-25-20-16-14-12-10-8-6-4-2/h12,14,22,26,35,39,44-45,49-50H,3-11,13,15-21,23-25,27-34,36-38,40-43H2,1-2H3,(H,48,51)/b14-12-,26-22-,39-35+. The van der Waals surface area contributed by atoms with Gasteiger partial charge in [-0.15, -0.1) is 0 Å². The lowest BCUT2D eigenvalue weighted by molar-refractivity contribution is -0.143. The number of carbonyl (C=O) groups is 2. The zero-order valence-corrected chi connectivity index (χ0v) is 35.0. The van der Waals surface area contributed by atoms with Gasteiger partial charge in [0.25, 0.3) is 0 Å². The first-order chi connectivity index (χ1) is 26.0. The average Bonchev–Trinajstić information content (AvgIpc) is 3.16. The van der Waals surface area contributed by atoms with Gasteiger partial charge in [-0.1, -0.05) is 166 Å². The number of esters is 1. The molecule has 0 aromatic carbocycles. The Bertz CT molecular complexity index is 869. The number of aliphatic hydroxyl groups excluding tert-OH is 2. The number of carbonyl (C=O) groups excluding carboxylic acids is 2. The third kappa shape index (κ3) is 39.6. The highest BCUT2D eigenvalue weighted by molar-refractivity contribution is 5.76. The Morgan fingerprint density at radius 3 is 1.38 bits per heavy atom. The molecule has 6 heteroatoms. The van der Waals surface area contributed by atoms with Crippen LogP contribution in [-0.2, 0) is 14.3 Å². The summed E-state index contributed by atoms with van der Waals surface area (Å²) >= 11 is 0. The molecule has 0 aromatic heterocycles. The molecule has 0 aromatic rings. The van der Waals surface area contributed by atoms with E-state index in [-0.39, 0.29) is 18.5 Å². The number of aliphatic hydroxyl groups is 2. The lowest BCUT2D eigenvalue weighted by Crippen LogP contribution is -2.45. The molecule has 310 valence electrons. The average molecular weight is 746 g/mol. The Morgan fingerprint density at radius 1 is 0.509 bits per heavy atom. The van der Waals surface area contributed by atoms with Gasteiger partial charge in [0, 0.05) is 12.8 Å². The van der Waals surface area contributed by atoms with Gasteiger partial charge >= 0.3 is 5.97 Å². The van der Waals surface area contributed by atoms with Crippen molar-refractivity contribution in [3.8, 4) is 0 Å². The molecule has 2 atom stereocenters. The summed E-state index contributed by atoms with van der Waals surface area (Å²) in [6, 6.07) is -0.652. The van der Waals surface area contributed by atoms with Gasteiger partial charge < -0.3 is 20.3 Å². The van der Waals surface area contributed by atoms with Crippen LogP contribution in [0.5, 0.6) is 0 Å². The molecule has 0 saturated carbocycles. The van der Waals surface area contributed by atoms with Gasteiger partial charge in [-0.25, -0.2) is 0 Å².